The van der Waals surface area contributed by atoms with Gasteiger partial charge in [0.2, 0.25) is 0 Å². The Morgan fingerprint density at radius 3 is 2.57 bits per heavy atom. The van der Waals surface area contributed by atoms with Crippen molar-refractivity contribution >= 4 is 38.5 Å². The summed E-state index contributed by atoms with van der Waals surface area (Å²) in [6.45, 7) is 0.505. The van der Waals surface area contributed by atoms with Gasteiger partial charge in [0, 0.05) is 24.7 Å². The van der Waals surface area contributed by atoms with Gasteiger partial charge >= 0.3 is 5.69 Å². The predicted octanol–water partition coefficient (Wildman–Crippen LogP) is 2.55. The highest BCUT2D eigenvalue weighted by Gasteiger charge is 2.20. The van der Waals surface area contributed by atoms with Gasteiger partial charge < -0.3 is 15.3 Å². The molecule has 12 heteroatoms. The molecule has 35 heavy (non-hydrogen) atoms. The standard InChI is InChI=1S/C23H19N7O4S/c31-22(27-21-9-12-30(28-21)14-15-7-10-24-11-8-15)17-3-1-2-4-18(17)29-35(33,34)16-5-6-19-20(13-16)26-23(32)25-19/h1-13,29H,14H2,(H2,25,26,32)(H,27,28,31). The van der Waals surface area contributed by atoms with Gasteiger partial charge in [0.25, 0.3) is 15.9 Å². The number of sulfonamides is 1. The summed E-state index contributed by atoms with van der Waals surface area (Å²) in [4.78, 5) is 33.4. The Kier molecular flexibility index (Phi) is 5.63. The van der Waals surface area contributed by atoms with Gasteiger partial charge in [-0.3, -0.25) is 19.2 Å². The van der Waals surface area contributed by atoms with E-state index in [0.717, 1.165) is 5.56 Å². The van der Waals surface area contributed by atoms with Crippen molar-refractivity contribution in [3.63, 3.8) is 0 Å². The molecule has 0 saturated carbocycles. The summed E-state index contributed by atoms with van der Waals surface area (Å²) in [6, 6.07) is 15.8. The van der Waals surface area contributed by atoms with Crippen LogP contribution in [0.3, 0.4) is 0 Å². The Morgan fingerprint density at radius 2 is 1.74 bits per heavy atom. The Hall–Kier alpha value is -4.71. The van der Waals surface area contributed by atoms with E-state index in [-0.39, 0.29) is 16.1 Å². The highest BCUT2D eigenvalue weighted by atomic mass is 32.2. The smallest absolute Gasteiger partial charge is 0.306 e. The lowest BCUT2D eigenvalue weighted by Crippen LogP contribution is -2.19. The van der Waals surface area contributed by atoms with Gasteiger partial charge in [-0.1, -0.05) is 12.1 Å². The molecule has 5 aromatic rings. The molecule has 0 aliphatic rings. The van der Waals surface area contributed by atoms with Gasteiger partial charge in [0.1, 0.15) is 0 Å². The monoisotopic (exact) mass is 489 g/mol. The second-order valence-electron chi connectivity index (χ2n) is 7.65. The number of carbonyl (C=O) groups excluding carboxylic acids is 1. The molecule has 2 aromatic carbocycles. The van der Waals surface area contributed by atoms with Crippen LogP contribution in [0.15, 0.2) is 88.9 Å². The first-order chi connectivity index (χ1) is 16.9. The Balaban J connectivity index is 1.35. The van der Waals surface area contributed by atoms with E-state index in [9.17, 15) is 18.0 Å². The van der Waals surface area contributed by atoms with Crippen molar-refractivity contribution in [2.45, 2.75) is 11.4 Å². The molecule has 0 bridgehead atoms. The fraction of sp³-hybridized carbons (Fsp3) is 0.0435. The van der Waals surface area contributed by atoms with Crippen LogP contribution in [0.4, 0.5) is 11.5 Å². The molecule has 0 atom stereocenters. The third-order valence-corrected chi connectivity index (χ3v) is 6.55. The van der Waals surface area contributed by atoms with Crippen LogP contribution in [0, 0.1) is 0 Å². The van der Waals surface area contributed by atoms with Crippen LogP contribution in [-0.4, -0.2) is 39.1 Å². The molecule has 0 radical (unpaired) electrons. The van der Waals surface area contributed by atoms with E-state index < -0.39 is 21.6 Å². The van der Waals surface area contributed by atoms with Crippen molar-refractivity contribution in [1.82, 2.24) is 24.7 Å². The van der Waals surface area contributed by atoms with Crippen molar-refractivity contribution < 1.29 is 13.2 Å². The number of pyridine rings is 1. The lowest BCUT2D eigenvalue weighted by Gasteiger charge is -2.12. The number of para-hydroxylation sites is 1. The molecule has 0 aliphatic heterocycles. The molecule has 11 nitrogen and oxygen atoms in total. The number of aromatic amines is 2. The molecule has 4 N–H and O–H groups in total. The first kappa shape index (κ1) is 22.1. The van der Waals surface area contributed by atoms with Gasteiger partial charge in [-0.05, 0) is 48.0 Å². The number of nitrogens with one attached hydrogen (secondary N) is 4. The van der Waals surface area contributed by atoms with E-state index in [0.29, 0.717) is 23.4 Å². The van der Waals surface area contributed by atoms with Crippen LogP contribution in [-0.2, 0) is 16.6 Å². The summed E-state index contributed by atoms with van der Waals surface area (Å²) in [6.07, 6.45) is 5.11. The number of anilines is 2. The quantitative estimate of drug-likeness (QED) is 0.275. The lowest BCUT2D eigenvalue weighted by atomic mass is 10.1. The number of H-pyrrole nitrogens is 2. The average Bonchev–Trinajstić information content (AvgIpc) is 3.44. The Labute approximate surface area is 198 Å². The number of fused-ring (bicyclic) bond motifs is 1. The summed E-state index contributed by atoms with van der Waals surface area (Å²) >= 11 is 0. The number of carbonyl (C=O) groups is 1. The maximum atomic E-state index is 13.0. The van der Waals surface area contributed by atoms with Crippen LogP contribution in [0.2, 0.25) is 0 Å². The zero-order valence-corrected chi connectivity index (χ0v) is 18.9. The van der Waals surface area contributed by atoms with Crippen molar-refractivity contribution in [2.75, 3.05) is 10.0 Å². The Morgan fingerprint density at radius 1 is 0.971 bits per heavy atom. The zero-order valence-electron chi connectivity index (χ0n) is 18.1. The Bertz CT molecular complexity index is 1690. The van der Waals surface area contributed by atoms with Crippen molar-refractivity contribution in [1.29, 1.82) is 0 Å². The molecule has 3 aromatic heterocycles. The number of rotatable bonds is 7. The summed E-state index contributed by atoms with van der Waals surface area (Å²) in [5.41, 5.74) is 1.62. The third-order valence-electron chi connectivity index (χ3n) is 5.19. The fourth-order valence-electron chi connectivity index (χ4n) is 3.53. The van der Waals surface area contributed by atoms with E-state index in [4.69, 9.17) is 0 Å². The molecule has 0 saturated heterocycles. The van der Waals surface area contributed by atoms with Gasteiger partial charge in [-0.2, -0.15) is 5.10 Å². The third kappa shape index (κ3) is 4.82. The van der Waals surface area contributed by atoms with Crippen molar-refractivity contribution in [3.8, 4) is 0 Å². The average molecular weight is 490 g/mol. The molecule has 176 valence electrons. The highest BCUT2D eigenvalue weighted by molar-refractivity contribution is 7.92. The van der Waals surface area contributed by atoms with Crippen LogP contribution < -0.4 is 15.7 Å². The predicted molar refractivity (Wildman–Crippen MR) is 130 cm³/mol. The molecule has 1 amide bonds. The lowest BCUT2D eigenvalue weighted by molar-refractivity contribution is 0.102. The minimum absolute atomic E-state index is 0.0645. The van der Waals surface area contributed by atoms with E-state index >= 15 is 0 Å². The molecule has 0 fully saturated rings. The van der Waals surface area contributed by atoms with Crippen LogP contribution in [0.5, 0.6) is 0 Å². The van der Waals surface area contributed by atoms with E-state index in [1.54, 1.807) is 41.5 Å². The number of hydrogen-bond acceptors (Lipinski definition) is 6. The molecule has 5 rings (SSSR count). The molecule has 3 heterocycles. The number of aromatic nitrogens is 5. The van der Waals surface area contributed by atoms with E-state index in [2.05, 4.69) is 30.1 Å². The SMILES string of the molecule is O=C(Nc1ccn(Cc2ccncc2)n1)c1ccccc1NS(=O)(=O)c1ccc2[nH]c(=O)[nH]c2c1. The second kappa shape index (κ2) is 8.91. The highest BCUT2D eigenvalue weighted by Crippen LogP contribution is 2.23. The van der Waals surface area contributed by atoms with Crippen LogP contribution in [0.25, 0.3) is 11.0 Å². The minimum Gasteiger partial charge on any atom is -0.306 e. The second-order valence-corrected chi connectivity index (χ2v) is 9.33. The van der Waals surface area contributed by atoms with Crippen LogP contribution >= 0.6 is 0 Å². The molecule has 0 unspecified atom stereocenters. The molecular formula is C23H19N7O4S. The summed E-state index contributed by atoms with van der Waals surface area (Å²) < 4.78 is 30.1. The normalized spacial score (nSPS) is 11.4. The van der Waals surface area contributed by atoms with Crippen molar-refractivity contribution in [3.05, 3.63) is 101 Å². The zero-order chi connectivity index (χ0) is 24.4. The number of nitrogens with zero attached hydrogens (tertiary/aromatic N) is 3. The first-order valence-electron chi connectivity index (χ1n) is 10.4. The number of hydrogen-bond donors (Lipinski definition) is 4. The molecular weight excluding hydrogens is 470 g/mol. The van der Waals surface area contributed by atoms with Gasteiger partial charge in [0.05, 0.1) is 33.7 Å². The van der Waals surface area contributed by atoms with E-state index in [1.807, 2.05) is 12.1 Å². The number of imidazole rings is 1. The van der Waals surface area contributed by atoms with E-state index in [1.165, 1.54) is 30.3 Å². The number of amides is 1. The van der Waals surface area contributed by atoms with Crippen molar-refractivity contribution in [2.24, 2.45) is 0 Å². The van der Waals surface area contributed by atoms with Gasteiger partial charge in [0.15, 0.2) is 5.82 Å². The maximum Gasteiger partial charge on any atom is 0.323 e. The largest absolute Gasteiger partial charge is 0.323 e. The summed E-state index contributed by atoms with van der Waals surface area (Å²) in [5.74, 6) is -0.202. The molecule has 0 aliphatic carbocycles. The van der Waals surface area contributed by atoms with Gasteiger partial charge in [-0.25, -0.2) is 13.2 Å². The number of benzene rings is 2. The fourth-order valence-corrected chi connectivity index (χ4v) is 4.63. The van der Waals surface area contributed by atoms with Gasteiger partial charge in [-0.15, -0.1) is 0 Å². The summed E-state index contributed by atoms with van der Waals surface area (Å²) in [5, 5.41) is 7.04. The molecule has 0 spiro atoms. The minimum atomic E-state index is -4.05. The topological polar surface area (TPSA) is 155 Å². The first-order valence-corrected chi connectivity index (χ1v) is 11.9. The van der Waals surface area contributed by atoms with Crippen LogP contribution in [0.1, 0.15) is 15.9 Å². The maximum absolute atomic E-state index is 13.0. The summed E-state index contributed by atoms with van der Waals surface area (Å²) in [7, 11) is -4.05.